The lowest BCUT2D eigenvalue weighted by Gasteiger charge is -2.23. The molecule has 0 heterocycles. The molecule has 2 amide bonds. The summed E-state index contributed by atoms with van der Waals surface area (Å²) in [7, 11) is -1.19. The molecule has 1 aromatic rings. The summed E-state index contributed by atoms with van der Waals surface area (Å²) in [6.45, 7) is -0.0213. The molecular weight excluding hydrogens is 329 g/mol. The first kappa shape index (κ1) is 17.8. The molecule has 0 bridgehead atoms. The molecule has 1 aliphatic rings. The van der Waals surface area contributed by atoms with Crippen molar-refractivity contribution in [3.63, 3.8) is 0 Å². The lowest BCUT2D eigenvalue weighted by atomic mass is 10.3. The number of carbonyl (C=O) groups is 1. The van der Waals surface area contributed by atoms with E-state index in [1.807, 2.05) is 0 Å². The van der Waals surface area contributed by atoms with E-state index in [2.05, 4.69) is 5.32 Å². The Morgan fingerprint density at radius 2 is 2.09 bits per heavy atom. The van der Waals surface area contributed by atoms with Crippen LogP contribution in [-0.2, 0) is 10.8 Å². The molecule has 0 aromatic heterocycles. The van der Waals surface area contributed by atoms with Crippen molar-refractivity contribution in [1.82, 2.24) is 4.90 Å². The molecule has 2 rings (SSSR count). The van der Waals surface area contributed by atoms with Crippen molar-refractivity contribution in [2.45, 2.75) is 30.3 Å². The lowest BCUT2D eigenvalue weighted by molar-refractivity contribution is -0.136. The number of amides is 2. The smallest absolute Gasteiger partial charge is 0.324 e. The first-order valence-electron chi connectivity index (χ1n) is 7.31. The van der Waals surface area contributed by atoms with Crippen LogP contribution in [0.4, 0.5) is 23.7 Å². The van der Waals surface area contributed by atoms with Gasteiger partial charge in [0, 0.05) is 40.7 Å². The van der Waals surface area contributed by atoms with E-state index in [9.17, 15) is 22.2 Å². The zero-order chi connectivity index (χ0) is 17.0. The van der Waals surface area contributed by atoms with E-state index in [0.717, 1.165) is 12.8 Å². The Balaban J connectivity index is 2.01. The highest BCUT2D eigenvalue weighted by Crippen LogP contribution is 2.30. The molecule has 0 radical (unpaired) electrons. The highest BCUT2D eigenvalue weighted by atomic mass is 32.2. The van der Waals surface area contributed by atoms with Crippen molar-refractivity contribution in [2.24, 2.45) is 5.92 Å². The van der Waals surface area contributed by atoms with Crippen LogP contribution in [0.25, 0.3) is 0 Å². The second kappa shape index (κ2) is 7.33. The summed E-state index contributed by atoms with van der Waals surface area (Å²) in [6, 6.07) is 5.94. The molecule has 0 aliphatic heterocycles. The average molecular weight is 348 g/mol. The number of hydrogen-bond donors (Lipinski definition) is 1. The molecule has 1 aliphatic carbocycles. The number of carbonyl (C=O) groups excluding carboxylic acids is 1. The summed E-state index contributed by atoms with van der Waals surface area (Å²) < 4.78 is 48.7. The van der Waals surface area contributed by atoms with Gasteiger partial charge in [-0.1, -0.05) is 6.07 Å². The molecule has 1 saturated carbocycles. The predicted octanol–water partition coefficient (Wildman–Crippen LogP) is 3.62. The Hall–Kier alpha value is -1.57. The molecule has 1 fully saturated rings. The SMILES string of the molecule is CS(=O)c1cccc(NC(=O)N(CCC(F)(F)F)CC2CC2)c1. The Morgan fingerprint density at radius 3 is 2.65 bits per heavy atom. The maximum Gasteiger partial charge on any atom is 0.390 e. The van der Waals surface area contributed by atoms with Crippen LogP contribution in [0.15, 0.2) is 29.2 Å². The highest BCUT2D eigenvalue weighted by molar-refractivity contribution is 7.84. The van der Waals surface area contributed by atoms with Gasteiger partial charge in [-0.2, -0.15) is 13.2 Å². The minimum absolute atomic E-state index is 0.295. The van der Waals surface area contributed by atoms with Gasteiger partial charge >= 0.3 is 12.2 Å². The van der Waals surface area contributed by atoms with E-state index >= 15 is 0 Å². The zero-order valence-corrected chi connectivity index (χ0v) is 13.5. The Kier molecular flexibility index (Phi) is 5.67. The fourth-order valence-electron chi connectivity index (χ4n) is 2.10. The number of anilines is 1. The monoisotopic (exact) mass is 348 g/mol. The van der Waals surface area contributed by atoms with E-state index in [0.29, 0.717) is 23.0 Å². The fourth-order valence-corrected chi connectivity index (χ4v) is 2.67. The van der Waals surface area contributed by atoms with Crippen LogP contribution in [0, 0.1) is 5.92 Å². The van der Waals surface area contributed by atoms with Crippen LogP contribution in [0.5, 0.6) is 0 Å². The zero-order valence-electron chi connectivity index (χ0n) is 12.7. The predicted molar refractivity (Wildman–Crippen MR) is 82.8 cm³/mol. The number of urea groups is 1. The van der Waals surface area contributed by atoms with Gasteiger partial charge in [0.25, 0.3) is 0 Å². The van der Waals surface area contributed by atoms with Gasteiger partial charge in [0.2, 0.25) is 0 Å². The summed E-state index contributed by atoms with van der Waals surface area (Å²) in [5.74, 6) is 0.295. The van der Waals surface area contributed by atoms with Gasteiger partial charge < -0.3 is 10.2 Å². The second-order valence-corrected chi connectivity index (χ2v) is 7.05. The van der Waals surface area contributed by atoms with Crippen molar-refractivity contribution in [3.8, 4) is 0 Å². The molecule has 128 valence electrons. The van der Waals surface area contributed by atoms with Gasteiger partial charge in [-0.15, -0.1) is 0 Å². The van der Waals surface area contributed by atoms with Gasteiger partial charge in [-0.05, 0) is 37.0 Å². The number of halogens is 3. The molecule has 4 nitrogen and oxygen atoms in total. The number of benzene rings is 1. The third-order valence-electron chi connectivity index (χ3n) is 3.55. The van der Waals surface area contributed by atoms with E-state index in [1.54, 1.807) is 24.3 Å². The average Bonchev–Trinajstić information content (AvgIpc) is 3.26. The van der Waals surface area contributed by atoms with Crippen molar-refractivity contribution in [2.75, 3.05) is 24.7 Å². The lowest BCUT2D eigenvalue weighted by Crippen LogP contribution is -2.38. The van der Waals surface area contributed by atoms with Gasteiger partial charge in [0.15, 0.2) is 0 Å². The second-order valence-electron chi connectivity index (χ2n) is 5.67. The number of hydrogen-bond acceptors (Lipinski definition) is 2. The van der Waals surface area contributed by atoms with E-state index < -0.39 is 29.4 Å². The van der Waals surface area contributed by atoms with Crippen LogP contribution < -0.4 is 5.32 Å². The molecule has 8 heteroatoms. The topological polar surface area (TPSA) is 49.4 Å². The number of alkyl halides is 3. The molecule has 23 heavy (non-hydrogen) atoms. The van der Waals surface area contributed by atoms with E-state index in [4.69, 9.17) is 0 Å². The van der Waals surface area contributed by atoms with E-state index in [1.165, 1.54) is 11.2 Å². The van der Waals surface area contributed by atoms with Gasteiger partial charge in [0.1, 0.15) is 0 Å². The molecule has 1 unspecified atom stereocenters. The number of nitrogens with zero attached hydrogens (tertiary/aromatic N) is 1. The highest BCUT2D eigenvalue weighted by Gasteiger charge is 2.32. The number of rotatable bonds is 6. The first-order chi connectivity index (χ1) is 10.7. The quantitative estimate of drug-likeness (QED) is 0.854. The van der Waals surface area contributed by atoms with Gasteiger partial charge in [-0.25, -0.2) is 4.79 Å². The number of nitrogens with one attached hydrogen (secondary N) is 1. The normalized spacial score (nSPS) is 16.0. The van der Waals surface area contributed by atoms with Crippen LogP contribution in [0.3, 0.4) is 0 Å². The standard InChI is InChI=1S/C15H19F3N2O2S/c1-23(22)13-4-2-3-12(9-13)19-14(21)20(10-11-5-6-11)8-7-15(16,17)18/h2-4,9,11H,5-8,10H2,1H3,(H,19,21). The maximum absolute atomic E-state index is 12.4. The van der Waals surface area contributed by atoms with Crippen LogP contribution in [0.2, 0.25) is 0 Å². The maximum atomic E-state index is 12.4. The van der Waals surface area contributed by atoms with Crippen molar-refractivity contribution < 1.29 is 22.2 Å². The van der Waals surface area contributed by atoms with Crippen molar-refractivity contribution in [3.05, 3.63) is 24.3 Å². The molecule has 1 atom stereocenters. The molecule has 1 aromatic carbocycles. The molecule has 0 saturated heterocycles. The van der Waals surface area contributed by atoms with E-state index in [-0.39, 0.29) is 6.54 Å². The fraction of sp³-hybridized carbons (Fsp3) is 0.533. The summed E-state index contributed by atoms with van der Waals surface area (Å²) >= 11 is 0. The molecule has 1 N–H and O–H groups in total. The molecule has 0 spiro atoms. The largest absolute Gasteiger partial charge is 0.390 e. The molecular formula is C15H19F3N2O2S. The Morgan fingerprint density at radius 1 is 1.39 bits per heavy atom. The van der Waals surface area contributed by atoms with Crippen LogP contribution >= 0.6 is 0 Å². The van der Waals surface area contributed by atoms with Crippen molar-refractivity contribution >= 4 is 22.5 Å². The Labute approximate surface area is 135 Å². The van der Waals surface area contributed by atoms with Gasteiger partial charge in [-0.3, -0.25) is 4.21 Å². The minimum atomic E-state index is -4.29. The summed E-state index contributed by atoms with van der Waals surface area (Å²) in [5, 5.41) is 2.59. The Bertz CT molecular complexity index is 588. The summed E-state index contributed by atoms with van der Waals surface area (Å²) in [5.41, 5.74) is 0.426. The van der Waals surface area contributed by atoms with Crippen LogP contribution in [-0.4, -0.2) is 40.7 Å². The minimum Gasteiger partial charge on any atom is -0.324 e. The third-order valence-corrected chi connectivity index (χ3v) is 4.46. The van der Waals surface area contributed by atoms with Crippen molar-refractivity contribution in [1.29, 1.82) is 0 Å². The summed E-state index contributed by atoms with van der Waals surface area (Å²) in [4.78, 5) is 14.0. The van der Waals surface area contributed by atoms with Gasteiger partial charge in [0.05, 0.1) is 6.42 Å². The summed E-state index contributed by atoms with van der Waals surface area (Å²) in [6.07, 6.45) is -1.91. The first-order valence-corrected chi connectivity index (χ1v) is 8.86. The third kappa shape index (κ3) is 6.21. The van der Waals surface area contributed by atoms with Crippen LogP contribution in [0.1, 0.15) is 19.3 Å².